The quantitative estimate of drug-likeness (QED) is 0.391. The van der Waals surface area contributed by atoms with Gasteiger partial charge in [-0.15, -0.1) is 0 Å². The normalized spacial score (nSPS) is 23.9. The van der Waals surface area contributed by atoms with Crippen LogP contribution in [0.4, 0.5) is 0 Å². The minimum Gasteiger partial charge on any atom is -0.466 e. The molecule has 0 heterocycles. The van der Waals surface area contributed by atoms with Crippen LogP contribution in [0.15, 0.2) is 11.6 Å². The standard InChI is InChI=1S/C11H15NO2/c1-11(2)6-9(11)4-8(7-12)5-10(13)14-3/h5,9H,4,6H2,1-3H3. The Morgan fingerprint density at radius 3 is 2.64 bits per heavy atom. The number of ether oxygens (including phenoxy) is 1. The Hall–Kier alpha value is -1.30. The van der Waals surface area contributed by atoms with Gasteiger partial charge < -0.3 is 4.74 Å². The molecule has 1 atom stereocenters. The third-order valence-electron chi connectivity index (χ3n) is 2.82. The zero-order valence-corrected chi connectivity index (χ0v) is 8.83. The van der Waals surface area contributed by atoms with Crippen LogP contribution in [-0.2, 0) is 9.53 Å². The summed E-state index contributed by atoms with van der Waals surface area (Å²) in [7, 11) is 1.31. The Morgan fingerprint density at radius 2 is 2.29 bits per heavy atom. The van der Waals surface area contributed by atoms with Gasteiger partial charge in [0.05, 0.1) is 13.2 Å². The van der Waals surface area contributed by atoms with Crippen LogP contribution in [0.3, 0.4) is 0 Å². The van der Waals surface area contributed by atoms with E-state index in [0.717, 1.165) is 6.42 Å². The number of nitriles is 1. The first kappa shape index (κ1) is 10.8. The highest BCUT2D eigenvalue weighted by Gasteiger charge is 2.45. The fraction of sp³-hybridized carbons (Fsp3) is 0.636. The van der Waals surface area contributed by atoms with Crippen LogP contribution in [0, 0.1) is 22.7 Å². The summed E-state index contributed by atoms with van der Waals surface area (Å²) in [4.78, 5) is 10.9. The molecule has 0 bridgehead atoms. The van der Waals surface area contributed by atoms with Crippen molar-refractivity contribution in [2.45, 2.75) is 26.7 Å². The molecule has 0 radical (unpaired) electrons. The summed E-state index contributed by atoms with van der Waals surface area (Å²) in [6.45, 7) is 4.34. The molecule has 1 aliphatic carbocycles. The van der Waals surface area contributed by atoms with Crippen LogP contribution in [0.5, 0.6) is 0 Å². The summed E-state index contributed by atoms with van der Waals surface area (Å²) in [6, 6.07) is 2.04. The summed E-state index contributed by atoms with van der Waals surface area (Å²) in [5.74, 6) is 0.0954. The zero-order valence-electron chi connectivity index (χ0n) is 8.83. The van der Waals surface area contributed by atoms with Gasteiger partial charge in [-0.05, 0) is 24.2 Å². The number of methoxy groups -OCH3 is 1. The van der Waals surface area contributed by atoms with E-state index >= 15 is 0 Å². The molecule has 0 aromatic heterocycles. The Balaban J connectivity index is 2.54. The second kappa shape index (κ2) is 3.83. The van der Waals surface area contributed by atoms with Crippen molar-refractivity contribution in [3.8, 4) is 6.07 Å². The lowest BCUT2D eigenvalue weighted by atomic mass is 10.0. The summed E-state index contributed by atoms with van der Waals surface area (Å²) >= 11 is 0. The minimum absolute atomic E-state index is 0.339. The van der Waals surface area contributed by atoms with Gasteiger partial charge in [-0.2, -0.15) is 5.26 Å². The number of carbonyl (C=O) groups is 1. The molecule has 1 fully saturated rings. The first-order valence-corrected chi connectivity index (χ1v) is 4.68. The fourth-order valence-electron chi connectivity index (χ4n) is 1.53. The highest BCUT2D eigenvalue weighted by molar-refractivity contribution is 5.83. The molecular formula is C11H15NO2. The molecule has 0 N–H and O–H groups in total. The first-order chi connectivity index (χ1) is 6.49. The van der Waals surface area contributed by atoms with Crippen molar-refractivity contribution in [1.82, 2.24) is 0 Å². The van der Waals surface area contributed by atoms with Gasteiger partial charge in [0.25, 0.3) is 0 Å². The van der Waals surface area contributed by atoms with Crippen molar-refractivity contribution < 1.29 is 9.53 Å². The van der Waals surface area contributed by atoms with Crippen molar-refractivity contribution in [2.75, 3.05) is 7.11 Å². The molecule has 0 aromatic rings. The van der Waals surface area contributed by atoms with Gasteiger partial charge in [0.2, 0.25) is 0 Å². The third kappa shape index (κ3) is 2.59. The lowest BCUT2D eigenvalue weighted by Gasteiger charge is -2.01. The van der Waals surface area contributed by atoms with E-state index in [4.69, 9.17) is 5.26 Å². The topological polar surface area (TPSA) is 50.1 Å². The van der Waals surface area contributed by atoms with Crippen LogP contribution in [-0.4, -0.2) is 13.1 Å². The molecule has 1 saturated carbocycles. The molecule has 0 saturated heterocycles. The van der Waals surface area contributed by atoms with E-state index in [1.54, 1.807) is 0 Å². The first-order valence-electron chi connectivity index (χ1n) is 4.68. The molecular weight excluding hydrogens is 178 g/mol. The number of nitrogens with zero attached hydrogens (tertiary/aromatic N) is 1. The van der Waals surface area contributed by atoms with E-state index in [0.29, 0.717) is 23.3 Å². The second-order valence-corrected chi connectivity index (χ2v) is 4.40. The smallest absolute Gasteiger partial charge is 0.331 e. The average molecular weight is 193 g/mol. The maximum Gasteiger partial charge on any atom is 0.331 e. The largest absolute Gasteiger partial charge is 0.466 e. The van der Waals surface area contributed by atoms with Crippen molar-refractivity contribution in [2.24, 2.45) is 11.3 Å². The molecule has 0 spiro atoms. The summed E-state index contributed by atoms with van der Waals surface area (Å²) in [5.41, 5.74) is 0.860. The summed E-state index contributed by atoms with van der Waals surface area (Å²) in [6.07, 6.45) is 3.11. The number of rotatable bonds is 3. The van der Waals surface area contributed by atoms with E-state index in [1.807, 2.05) is 6.07 Å². The molecule has 3 nitrogen and oxygen atoms in total. The molecule has 0 amide bonds. The van der Waals surface area contributed by atoms with E-state index in [1.165, 1.54) is 13.2 Å². The van der Waals surface area contributed by atoms with Gasteiger partial charge in [-0.25, -0.2) is 4.79 Å². The zero-order chi connectivity index (χ0) is 10.8. The SMILES string of the molecule is COC(=O)C=C(C#N)CC1CC1(C)C. The highest BCUT2D eigenvalue weighted by Crippen LogP contribution is 2.54. The van der Waals surface area contributed by atoms with Crippen LogP contribution in [0.2, 0.25) is 0 Å². The molecule has 1 aliphatic rings. The van der Waals surface area contributed by atoms with Crippen molar-refractivity contribution in [1.29, 1.82) is 5.26 Å². The van der Waals surface area contributed by atoms with E-state index in [2.05, 4.69) is 18.6 Å². The molecule has 3 heteroatoms. The molecule has 1 unspecified atom stereocenters. The molecule has 14 heavy (non-hydrogen) atoms. The van der Waals surface area contributed by atoms with Crippen LogP contribution in [0.25, 0.3) is 0 Å². The summed E-state index contributed by atoms with van der Waals surface area (Å²) in [5, 5.41) is 8.79. The van der Waals surface area contributed by atoms with Crippen molar-refractivity contribution >= 4 is 5.97 Å². The van der Waals surface area contributed by atoms with E-state index in [9.17, 15) is 4.79 Å². The van der Waals surface area contributed by atoms with Crippen molar-refractivity contribution in [3.63, 3.8) is 0 Å². The maximum atomic E-state index is 10.9. The van der Waals surface area contributed by atoms with E-state index in [-0.39, 0.29) is 0 Å². The van der Waals surface area contributed by atoms with Gasteiger partial charge in [0, 0.05) is 11.6 Å². The van der Waals surface area contributed by atoms with Crippen LogP contribution in [0.1, 0.15) is 26.7 Å². The Morgan fingerprint density at radius 1 is 1.71 bits per heavy atom. The monoisotopic (exact) mass is 193 g/mol. The van der Waals surface area contributed by atoms with Gasteiger partial charge in [0.15, 0.2) is 0 Å². The Bertz CT molecular complexity index is 310. The predicted molar refractivity (Wildman–Crippen MR) is 52.2 cm³/mol. The maximum absolute atomic E-state index is 10.9. The van der Waals surface area contributed by atoms with Crippen LogP contribution >= 0.6 is 0 Å². The van der Waals surface area contributed by atoms with E-state index < -0.39 is 5.97 Å². The second-order valence-electron chi connectivity index (χ2n) is 4.40. The number of hydrogen-bond acceptors (Lipinski definition) is 3. The van der Waals surface area contributed by atoms with Crippen LogP contribution < -0.4 is 0 Å². The number of allylic oxidation sites excluding steroid dienone is 1. The third-order valence-corrected chi connectivity index (χ3v) is 2.82. The molecule has 0 aliphatic heterocycles. The minimum atomic E-state index is -0.444. The van der Waals surface area contributed by atoms with Gasteiger partial charge in [0.1, 0.15) is 0 Å². The van der Waals surface area contributed by atoms with Gasteiger partial charge in [-0.3, -0.25) is 0 Å². The average Bonchev–Trinajstić information content (AvgIpc) is 2.72. The molecule has 0 aromatic carbocycles. The number of carbonyl (C=O) groups excluding carboxylic acids is 1. The molecule has 76 valence electrons. The molecule has 1 rings (SSSR count). The Kier molecular flexibility index (Phi) is 2.95. The fourth-order valence-corrected chi connectivity index (χ4v) is 1.53. The van der Waals surface area contributed by atoms with Gasteiger partial charge >= 0.3 is 5.97 Å². The lowest BCUT2D eigenvalue weighted by molar-refractivity contribution is -0.134. The summed E-state index contributed by atoms with van der Waals surface area (Å²) < 4.78 is 4.47. The predicted octanol–water partition coefficient (Wildman–Crippen LogP) is 2.05. The lowest BCUT2D eigenvalue weighted by Crippen LogP contribution is -1.98. The highest BCUT2D eigenvalue weighted by atomic mass is 16.5. The Labute approximate surface area is 84.4 Å². The van der Waals surface area contributed by atoms with Gasteiger partial charge in [-0.1, -0.05) is 13.8 Å². The van der Waals surface area contributed by atoms with Crippen molar-refractivity contribution in [3.05, 3.63) is 11.6 Å². The number of esters is 1. The number of hydrogen-bond donors (Lipinski definition) is 0.